The molecule has 0 unspecified atom stereocenters. The van der Waals surface area contributed by atoms with Crippen LogP contribution in [-0.4, -0.2) is 10.9 Å². The molecule has 1 aromatic carbocycles. The van der Waals surface area contributed by atoms with E-state index in [1.54, 1.807) is 19.1 Å². The van der Waals surface area contributed by atoms with E-state index in [0.717, 1.165) is 5.56 Å². The molecular formula is C14H16O2. The van der Waals surface area contributed by atoms with Gasteiger partial charge in [-0.1, -0.05) is 32.8 Å². The number of hydrogen-bond donors (Lipinski definition) is 1. The van der Waals surface area contributed by atoms with Crippen molar-refractivity contribution < 1.29 is 9.90 Å². The summed E-state index contributed by atoms with van der Waals surface area (Å²) < 4.78 is 0. The maximum Gasteiger partial charge on any atom is 0.205 e. The van der Waals surface area contributed by atoms with Crippen LogP contribution in [0.2, 0.25) is 0 Å². The lowest BCUT2D eigenvalue weighted by molar-refractivity contribution is -0.113. The summed E-state index contributed by atoms with van der Waals surface area (Å²) in [7, 11) is 0. The Morgan fingerprint density at radius 1 is 1.44 bits per heavy atom. The number of carbonyl (C=O) groups is 1. The van der Waals surface area contributed by atoms with Gasteiger partial charge in [-0.25, -0.2) is 0 Å². The van der Waals surface area contributed by atoms with Crippen LogP contribution in [0.1, 0.15) is 44.2 Å². The molecule has 0 bridgehead atoms. The lowest BCUT2D eigenvalue weighted by Crippen LogP contribution is -1.90. The van der Waals surface area contributed by atoms with Gasteiger partial charge in [-0.2, -0.15) is 0 Å². The third kappa shape index (κ3) is 3.13. The van der Waals surface area contributed by atoms with E-state index in [9.17, 15) is 9.90 Å². The molecule has 1 N–H and O–H groups in total. The standard InChI is InChI=1S/C14H16O2/c1-4-13(15)8-7-11-5-6-12(10(2)3)9-14(11)16/h5-6,9-10,16H,4H2,1-3H3. The van der Waals surface area contributed by atoms with Gasteiger partial charge in [0.2, 0.25) is 5.78 Å². The molecule has 0 atom stereocenters. The lowest BCUT2D eigenvalue weighted by Gasteiger charge is -2.06. The highest BCUT2D eigenvalue weighted by molar-refractivity contribution is 5.95. The molecule has 0 fully saturated rings. The Balaban J connectivity index is 2.98. The molecule has 0 amide bonds. The van der Waals surface area contributed by atoms with E-state index in [2.05, 4.69) is 25.7 Å². The monoisotopic (exact) mass is 216 g/mol. The molecule has 0 aliphatic rings. The predicted octanol–water partition coefficient (Wildman–Crippen LogP) is 2.85. The fraction of sp³-hybridized carbons (Fsp3) is 0.357. The summed E-state index contributed by atoms with van der Waals surface area (Å²) in [5, 5.41) is 9.71. The van der Waals surface area contributed by atoms with Crippen LogP contribution < -0.4 is 0 Å². The molecule has 0 spiro atoms. The van der Waals surface area contributed by atoms with Gasteiger partial charge in [0.15, 0.2) is 0 Å². The van der Waals surface area contributed by atoms with Crippen LogP contribution in [0, 0.1) is 11.8 Å². The Morgan fingerprint density at radius 2 is 2.12 bits per heavy atom. The number of phenolic OH excluding ortho intramolecular Hbond substituents is 1. The molecule has 0 aliphatic carbocycles. The van der Waals surface area contributed by atoms with Gasteiger partial charge >= 0.3 is 0 Å². The van der Waals surface area contributed by atoms with Crippen molar-refractivity contribution in [3.8, 4) is 17.6 Å². The second kappa shape index (κ2) is 5.37. The first-order valence-corrected chi connectivity index (χ1v) is 5.42. The average molecular weight is 216 g/mol. The van der Waals surface area contributed by atoms with Crippen molar-refractivity contribution >= 4 is 5.78 Å². The van der Waals surface area contributed by atoms with E-state index in [-0.39, 0.29) is 11.5 Å². The zero-order valence-electron chi connectivity index (χ0n) is 9.87. The van der Waals surface area contributed by atoms with Crippen LogP contribution in [-0.2, 0) is 4.79 Å². The van der Waals surface area contributed by atoms with Crippen LogP contribution in [0.5, 0.6) is 5.75 Å². The quantitative estimate of drug-likeness (QED) is 0.772. The Labute approximate surface area is 96.3 Å². The first-order valence-electron chi connectivity index (χ1n) is 5.42. The van der Waals surface area contributed by atoms with Gasteiger partial charge in [0.05, 0.1) is 5.56 Å². The minimum atomic E-state index is -0.118. The molecule has 1 rings (SSSR count). The second-order valence-corrected chi connectivity index (χ2v) is 3.96. The van der Waals surface area contributed by atoms with Gasteiger partial charge in [0.25, 0.3) is 0 Å². The Hall–Kier alpha value is -1.75. The van der Waals surface area contributed by atoms with Gasteiger partial charge < -0.3 is 5.11 Å². The van der Waals surface area contributed by atoms with E-state index >= 15 is 0 Å². The van der Waals surface area contributed by atoms with Crippen LogP contribution in [0.25, 0.3) is 0 Å². The highest BCUT2D eigenvalue weighted by atomic mass is 16.3. The number of aromatic hydroxyl groups is 1. The van der Waals surface area contributed by atoms with E-state index in [1.165, 1.54) is 0 Å². The zero-order chi connectivity index (χ0) is 12.1. The SMILES string of the molecule is CCC(=O)C#Cc1ccc(C(C)C)cc1O. The Bertz CT molecular complexity index is 448. The van der Waals surface area contributed by atoms with Crippen LogP contribution >= 0.6 is 0 Å². The number of carbonyl (C=O) groups excluding carboxylic acids is 1. The lowest BCUT2D eigenvalue weighted by atomic mass is 10.0. The summed E-state index contributed by atoms with van der Waals surface area (Å²) >= 11 is 0. The third-order valence-electron chi connectivity index (χ3n) is 2.35. The zero-order valence-corrected chi connectivity index (χ0v) is 9.87. The highest BCUT2D eigenvalue weighted by Gasteiger charge is 2.03. The summed E-state index contributed by atoms with van der Waals surface area (Å²) in [6, 6.07) is 5.37. The maximum atomic E-state index is 11.0. The molecule has 0 aliphatic heterocycles. The summed E-state index contributed by atoms with van der Waals surface area (Å²) in [5.74, 6) is 5.56. The fourth-order valence-corrected chi connectivity index (χ4v) is 1.24. The minimum absolute atomic E-state index is 0.118. The number of Topliss-reactive ketones (excluding diaryl/α,β-unsaturated/α-hetero) is 1. The fourth-order valence-electron chi connectivity index (χ4n) is 1.24. The maximum absolute atomic E-state index is 11.0. The number of ketones is 1. The summed E-state index contributed by atoms with van der Waals surface area (Å²) in [5.41, 5.74) is 1.57. The van der Waals surface area contributed by atoms with Gasteiger partial charge in [-0.05, 0) is 29.5 Å². The second-order valence-electron chi connectivity index (χ2n) is 3.96. The molecule has 0 radical (unpaired) electrons. The van der Waals surface area contributed by atoms with Gasteiger partial charge in [-0.3, -0.25) is 4.79 Å². The summed E-state index contributed by atoms with van der Waals surface area (Å²) in [6.07, 6.45) is 0.401. The minimum Gasteiger partial charge on any atom is -0.507 e. The molecule has 0 heterocycles. The number of phenols is 1. The van der Waals surface area contributed by atoms with Crippen LogP contribution in [0.3, 0.4) is 0 Å². The molecule has 2 nitrogen and oxygen atoms in total. The number of rotatable bonds is 2. The smallest absolute Gasteiger partial charge is 0.205 e. The molecule has 84 valence electrons. The van der Waals surface area contributed by atoms with E-state index in [0.29, 0.717) is 17.9 Å². The average Bonchev–Trinajstić information content (AvgIpc) is 2.26. The Kier molecular flexibility index (Phi) is 4.13. The van der Waals surface area contributed by atoms with Crippen molar-refractivity contribution in [2.45, 2.75) is 33.1 Å². The molecule has 16 heavy (non-hydrogen) atoms. The highest BCUT2D eigenvalue weighted by Crippen LogP contribution is 2.22. The van der Waals surface area contributed by atoms with Crippen molar-refractivity contribution in [2.24, 2.45) is 0 Å². The molecule has 0 saturated heterocycles. The molecule has 2 heteroatoms. The summed E-state index contributed by atoms with van der Waals surface area (Å²) in [4.78, 5) is 11.0. The van der Waals surface area contributed by atoms with E-state index < -0.39 is 0 Å². The molecule has 1 aromatic rings. The Morgan fingerprint density at radius 3 is 2.62 bits per heavy atom. The molecular weight excluding hydrogens is 200 g/mol. The molecule has 0 saturated carbocycles. The van der Waals surface area contributed by atoms with Crippen molar-refractivity contribution in [3.63, 3.8) is 0 Å². The van der Waals surface area contributed by atoms with Crippen molar-refractivity contribution in [1.29, 1.82) is 0 Å². The normalized spacial score (nSPS) is 9.75. The van der Waals surface area contributed by atoms with Gasteiger partial charge in [0, 0.05) is 6.42 Å². The van der Waals surface area contributed by atoms with E-state index in [1.807, 2.05) is 6.07 Å². The van der Waals surface area contributed by atoms with E-state index in [4.69, 9.17) is 0 Å². The van der Waals surface area contributed by atoms with Crippen LogP contribution in [0.15, 0.2) is 18.2 Å². The van der Waals surface area contributed by atoms with Crippen molar-refractivity contribution in [1.82, 2.24) is 0 Å². The summed E-state index contributed by atoms with van der Waals surface area (Å²) in [6.45, 7) is 5.88. The van der Waals surface area contributed by atoms with Crippen molar-refractivity contribution in [2.75, 3.05) is 0 Å². The molecule has 0 aromatic heterocycles. The number of benzene rings is 1. The first kappa shape index (κ1) is 12.3. The topological polar surface area (TPSA) is 37.3 Å². The van der Waals surface area contributed by atoms with Crippen LogP contribution in [0.4, 0.5) is 0 Å². The first-order chi connectivity index (χ1) is 7.54. The van der Waals surface area contributed by atoms with Crippen molar-refractivity contribution in [3.05, 3.63) is 29.3 Å². The van der Waals surface area contributed by atoms with Gasteiger partial charge in [0.1, 0.15) is 5.75 Å². The van der Waals surface area contributed by atoms with Gasteiger partial charge in [-0.15, -0.1) is 0 Å². The third-order valence-corrected chi connectivity index (χ3v) is 2.35. The predicted molar refractivity (Wildman–Crippen MR) is 64.4 cm³/mol. The number of hydrogen-bond acceptors (Lipinski definition) is 2. The largest absolute Gasteiger partial charge is 0.507 e.